The number of aromatic nitrogens is 2. The van der Waals surface area contributed by atoms with Crippen LogP contribution in [0.3, 0.4) is 0 Å². The van der Waals surface area contributed by atoms with Gasteiger partial charge in [-0.3, -0.25) is 9.59 Å². The average Bonchev–Trinajstić information content (AvgIpc) is 3.23. The number of para-hydroxylation sites is 2. The van der Waals surface area contributed by atoms with E-state index in [2.05, 4.69) is 10.1 Å². The summed E-state index contributed by atoms with van der Waals surface area (Å²) in [4.78, 5) is 34.3. The highest BCUT2D eigenvalue weighted by Crippen LogP contribution is 2.36. The number of carbonyl (C=O) groups excluding carboxylic acids is 2. The van der Waals surface area contributed by atoms with Crippen LogP contribution in [-0.4, -0.2) is 53.6 Å². The third-order valence-corrected chi connectivity index (χ3v) is 5.65. The van der Waals surface area contributed by atoms with Crippen LogP contribution in [0.25, 0.3) is 22.4 Å². The molecular weight excluding hydrogens is 420 g/mol. The van der Waals surface area contributed by atoms with E-state index in [9.17, 15) is 9.59 Å². The van der Waals surface area contributed by atoms with Gasteiger partial charge in [0.1, 0.15) is 5.75 Å². The quantitative estimate of drug-likeness (QED) is 0.481. The minimum absolute atomic E-state index is 0.0850. The molecule has 4 aromatic rings. The Morgan fingerprint density at radius 3 is 2.55 bits per heavy atom. The average molecular weight is 442 g/mol. The number of anilines is 1. The van der Waals surface area contributed by atoms with E-state index >= 15 is 0 Å². The SMILES string of the molecule is Cc1noc2nc(-c3ccccc3)cc(C(=O)N3C[C@@H](C(=O)N(C)C)Oc4ccccc43)c12. The van der Waals surface area contributed by atoms with Gasteiger partial charge in [-0.25, -0.2) is 4.98 Å². The van der Waals surface area contributed by atoms with Gasteiger partial charge in [-0.1, -0.05) is 47.6 Å². The Balaban J connectivity index is 1.65. The van der Waals surface area contributed by atoms with Crippen molar-refractivity contribution < 1.29 is 18.8 Å². The normalized spacial score (nSPS) is 15.1. The summed E-state index contributed by atoms with van der Waals surface area (Å²) in [5, 5.41) is 4.59. The van der Waals surface area contributed by atoms with Crippen molar-refractivity contribution in [2.45, 2.75) is 13.0 Å². The zero-order valence-corrected chi connectivity index (χ0v) is 18.5. The molecule has 0 radical (unpaired) electrons. The number of pyridine rings is 1. The van der Waals surface area contributed by atoms with Gasteiger partial charge in [0.05, 0.1) is 34.6 Å². The van der Waals surface area contributed by atoms with E-state index in [4.69, 9.17) is 9.26 Å². The largest absolute Gasteiger partial charge is 0.476 e. The molecule has 0 fully saturated rings. The van der Waals surface area contributed by atoms with Crippen LogP contribution in [0.4, 0.5) is 5.69 Å². The zero-order chi connectivity index (χ0) is 23.1. The number of carbonyl (C=O) groups is 2. The van der Waals surface area contributed by atoms with Crippen LogP contribution in [-0.2, 0) is 4.79 Å². The molecule has 1 aliphatic rings. The fourth-order valence-electron chi connectivity index (χ4n) is 4.01. The van der Waals surface area contributed by atoms with Crippen molar-refractivity contribution in [1.29, 1.82) is 0 Å². The monoisotopic (exact) mass is 442 g/mol. The molecule has 3 heterocycles. The van der Waals surface area contributed by atoms with E-state index in [-0.39, 0.29) is 18.4 Å². The molecular formula is C25H22N4O4. The number of benzene rings is 2. The lowest BCUT2D eigenvalue weighted by atomic mass is 10.0. The van der Waals surface area contributed by atoms with E-state index in [0.29, 0.717) is 39.5 Å². The fraction of sp³-hybridized carbons (Fsp3) is 0.200. The smallest absolute Gasteiger partial charge is 0.265 e. The predicted molar refractivity (Wildman–Crippen MR) is 123 cm³/mol. The second-order valence-corrected chi connectivity index (χ2v) is 8.09. The maximum absolute atomic E-state index is 14.0. The topological polar surface area (TPSA) is 88.8 Å². The molecule has 0 saturated heterocycles. The van der Waals surface area contributed by atoms with Crippen molar-refractivity contribution in [3.8, 4) is 17.0 Å². The molecule has 2 aromatic carbocycles. The van der Waals surface area contributed by atoms with Gasteiger partial charge in [0.15, 0.2) is 6.10 Å². The molecule has 2 amide bonds. The molecule has 5 rings (SSSR count). The van der Waals surface area contributed by atoms with Crippen LogP contribution in [0, 0.1) is 6.92 Å². The number of hydrogen-bond acceptors (Lipinski definition) is 6. The standard InChI is InChI=1S/C25H22N4O4/c1-15-22-17(13-18(26-23(22)33-27-15)16-9-5-4-6-10-16)24(30)29-14-21(25(31)28(2)3)32-20-12-8-7-11-19(20)29/h4-13,21H,14H2,1-3H3/t21-/m0/s1. The number of fused-ring (bicyclic) bond motifs is 2. The molecule has 0 saturated carbocycles. The van der Waals surface area contributed by atoms with Crippen molar-refractivity contribution in [3.63, 3.8) is 0 Å². The highest BCUT2D eigenvalue weighted by molar-refractivity contribution is 6.15. The number of likely N-dealkylation sites (N-methyl/N-ethyl adjacent to an activating group) is 1. The molecule has 8 nitrogen and oxygen atoms in total. The summed E-state index contributed by atoms with van der Waals surface area (Å²) in [6, 6.07) is 18.5. The number of nitrogens with zero attached hydrogens (tertiary/aromatic N) is 4. The third kappa shape index (κ3) is 3.59. The first kappa shape index (κ1) is 20.7. The fourth-order valence-corrected chi connectivity index (χ4v) is 4.01. The highest BCUT2D eigenvalue weighted by atomic mass is 16.5. The lowest BCUT2D eigenvalue weighted by Gasteiger charge is -2.35. The molecule has 33 heavy (non-hydrogen) atoms. The lowest BCUT2D eigenvalue weighted by Crippen LogP contribution is -2.50. The predicted octanol–water partition coefficient (Wildman–Crippen LogP) is 3.69. The first-order valence-corrected chi connectivity index (χ1v) is 10.5. The number of ether oxygens (including phenoxy) is 1. The van der Waals surface area contributed by atoms with Crippen LogP contribution in [0.15, 0.2) is 65.2 Å². The van der Waals surface area contributed by atoms with Crippen molar-refractivity contribution in [2.75, 3.05) is 25.5 Å². The molecule has 1 aliphatic heterocycles. The molecule has 1 atom stereocenters. The Labute approximate surface area is 190 Å². The van der Waals surface area contributed by atoms with Crippen molar-refractivity contribution in [3.05, 3.63) is 71.9 Å². The molecule has 2 aromatic heterocycles. The van der Waals surface area contributed by atoms with Crippen LogP contribution < -0.4 is 9.64 Å². The molecule has 0 bridgehead atoms. The maximum Gasteiger partial charge on any atom is 0.265 e. The third-order valence-electron chi connectivity index (χ3n) is 5.65. The Bertz CT molecular complexity index is 1360. The van der Waals surface area contributed by atoms with E-state index in [1.54, 1.807) is 44.1 Å². The Morgan fingerprint density at radius 1 is 1.06 bits per heavy atom. The Hall–Kier alpha value is -4.20. The minimum Gasteiger partial charge on any atom is -0.476 e. The summed E-state index contributed by atoms with van der Waals surface area (Å²) in [7, 11) is 3.33. The first-order valence-electron chi connectivity index (χ1n) is 10.5. The van der Waals surface area contributed by atoms with Crippen molar-refractivity contribution in [2.24, 2.45) is 0 Å². The Morgan fingerprint density at radius 2 is 1.79 bits per heavy atom. The number of rotatable bonds is 3. The van der Waals surface area contributed by atoms with Crippen molar-refractivity contribution in [1.82, 2.24) is 15.0 Å². The van der Waals surface area contributed by atoms with Crippen LogP contribution >= 0.6 is 0 Å². The summed E-state index contributed by atoms with van der Waals surface area (Å²) in [6.07, 6.45) is -0.812. The van der Waals surface area contributed by atoms with Gasteiger partial charge in [-0.15, -0.1) is 0 Å². The van der Waals surface area contributed by atoms with Gasteiger partial charge in [0, 0.05) is 19.7 Å². The second kappa shape index (κ2) is 8.05. The number of hydrogen-bond donors (Lipinski definition) is 0. The maximum atomic E-state index is 14.0. The van der Waals surface area contributed by atoms with E-state index in [1.807, 2.05) is 42.5 Å². The summed E-state index contributed by atoms with van der Waals surface area (Å²) in [5.41, 5.74) is 3.33. The van der Waals surface area contributed by atoms with Crippen LogP contribution in [0.1, 0.15) is 16.1 Å². The first-order chi connectivity index (χ1) is 15.9. The van der Waals surface area contributed by atoms with Crippen LogP contribution in [0.5, 0.6) is 5.75 Å². The van der Waals surface area contributed by atoms with Gasteiger partial charge >= 0.3 is 0 Å². The summed E-state index contributed by atoms with van der Waals surface area (Å²) >= 11 is 0. The summed E-state index contributed by atoms with van der Waals surface area (Å²) in [6.45, 7) is 1.86. The molecule has 0 unspecified atom stereocenters. The summed E-state index contributed by atoms with van der Waals surface area (Å²) in [5.74, 6) is -0.0144. The molecule has 0 aliphatic carbocycles. The summed E-state index contributed by atoms with van der Waals surface area (Å²) < 4.78 is 11.4. The number of aryl methyl sites for hydroxylation is 1. The van der Waals surface area contributed by atoms with Gasteiger partial charge in [0.25, 0.3) is 17.5 Å². The molecule has 166 valence electrons. The van der Waals surface area contributed by atoms with Crippen molar-refractivity contribution >= 4 is 28.6 Å². The van der Waals surface area contributed by atoms with Gasteiger partial charge in [-0.2, -0.15) is 0 Å². The zero-order valence-electron chi connectivity index (χ0n) is 18.5. The highest BCUT2D eigenvalue weighted by Gasteiger charge is 2.36. The van der Waals surface area contributed by atoms with Gasteiger partial charge < -0.3 is 19.1 Å². The van der Waals surface area contributed by atoms with E-state index in [1.165, 1.54) is 4.90 Å². The van der Waals surface area contributed by atoms with E-state index < -0.39 is 6.10 Å². The number of amides is 2. The lowest BCUT2D eigenvalue weighted by molar-refractivity contribution is -0.135. The second-order valence-electron chi connectivity index (χ2n) is 8.09. The van der Waals surface area contributed by atoms with E-state index in [0.717, 1.165) is 5.56 Å². The van der Waals surface area contributed by atoms with Crippen LogP contribution in [0.2, 0.25) is 0 Å². The van der Waals surface area contributed by atoms with Gasteiger partial charge in [0.2, 0.25) is 0 Å². The van der Waals surface area contributed by atoms with Gasteiger partial charge in [-0.05, 0) is 25.1 Å². The molecule has 0 N–H and O–H groups in total. The molecule has 0 spiro atoms. The molecule has 8 heteroatoms. The minimum atomic E-state index is -0.812. The Kier molecular flexibility index (Phi) is 5.05.